The molecule has 1 aromatic carbocycles. The van der Waals surface area contributed by atoms with Crippen molar-refractivity contribution < 1.29 is 46.3 Å². The molecule has 2 aliphatic rings. The van der Waals surface area contributed by atoms with Crippen LogP contribution in [0, 0.1) is 5.41 Å². The first-order valence-electron chi connectivity index (χ1n) is 14.4. The van der Waals surface area contributed by atoms with Gasteiger partial charge in [-0.05, 0) is 63.9 Å². The average molecular weight is 697 g/mol. The lowest BCUT2D eigenvalue weighted by Crippen LogP contribution is -2.76. The van der Waals surface area contributed by atoms with Crippen molar-refractivity contribution in [2.45, 2.75) is 63.8 Å². The number of carbonyl (C=O) groups is 3. The van der Waals surface area contributed by atoms with Gasteiger partial charge in [0.25, 0.3) is 17.9 Å². The minimum absolute atomic E-state index is 0.0103. The number of anilines is 1. The van der Waals surface area contributed by atoms with Crippen LogP contribution in [0.4, 0.5) is 5.13 Å². The maximum Gasteiger partial charge on any atom is 0.418 e. The fraction of sp³-hybridized carbons (Fsp3) is 0.481. The molecule has 2 saturated heterocycles. The summed E-state index contributed by atoms with van der Waals surface area (Å²) in [6.07, 6.45) is 0.644. The van der Waals surface area contributed by atoms with E-state index in [1.54, 1.807) is 31.2 Å². The molecular weight excluding hydrogens is 660 g/mol. The van der Waals surface area contributed by atoms with Crippen LogP contribution in [-0.4, -0.2) is 101 Å². The normalized spacial score (nSPS) is 20.1. The van der Waals surface area contributed by atoms with Crippen molar-refractivity contribution in [1.82, 2.24) is 26.0 Å². The van der Waals surface area contributed by atoms with E-state index < -0.39 is 58.2 Å². The SMILES string of the molecule is CCc1sc(N)nc1/C(=N/OC(COc1ccc(C(=N)N[C@@H]2CCCNC2)cc1)C(=O)O)C(=O)N[C@@H]1C(=O)N(OS(=O)(=O)O)C1(C)C. The van der Waals surface area contributed by atoms with E-state index in [1.807, 2.05) is 0 Å². The fourth-order valence-corrected chi connectivity index (χ4v) is 6.05. The number of carboxylic acids is 1. The maximum absolute atomic E-state index is 13.4. The molecule has 1 unspecified atom stereocenters. The number of carboxylic acid groups (broad SMARTS) is 1. The number of carbonyl (C=O) groups excluding carboxylic acids is 2. The van der Waals surface area contributed by atoms with Crippen molar-refractivity contribution in [2.24, 2.45) is 5.16 Å². The first kappa shape index (κ1) is 35.5. The number of piperidine rings is 1. The van der Waals surface area contributed by atoms with Crippen LogP contribution < -0.4 is 26.4 Å². The summed E-state index contributed by atoms with van der Waals surface area (Å²) in [6, 6.07) is 5.27. The number of aromatic nitrogens is 1. The molecule has 1 aromatic heterocycles. The smallest absolute Gasteiger partial charge is 0.418 e. The third kappa shape index (κ3) is 8.71. The summed E-state index contributed by atoms with van der Waals surface area (Å²) in [7, 11) is -5.03. The lowest BCUT2D eigenvalue weighted by atomic mass is 9.84. The lowest BCUT2D eigenvalue weighted by Gasteiger charge is -2.50. The molecule has 0 spiro atoms. The molecule has 3 heterocycles. The van der Waals surface area contributed by atoms with Crippen molar-refractivity contribution >= 4 is 56.2 Å². The monoisotopic (exact) mass is 696 g/mol. The number of oxime groups is 1. The van der Waals surface area contributed by atoms with E-state index in [2.05, 4.69) is 30.4 Å². The van der Waals surface area contributed by atoms with Crippen LogP contribution in [0.25, 0.3) is 0 Å². The molecule has 18 nitrogen and oxygen atoms in total. The molecule has 4 rings (SSSR count). The summed E-state index contributed by atoms with van der Waals surface area (Å²) >= 11 is 1.06. The molecule has 8 N–H and O–H groups in total. The molecule has 0 radical (unpaired) electrons. The van der Waals surface area contributed by atoms with Gasteiger partial charge in [0.05, 0.1) is 5.54 Å². The number of aryl methyl sites for hydroxylation is 1. The highest BCUT2D eigenvalue weighted by Gasteiger charge is 2.58. The lowest BCUT2D eigenvalue weighted by molar-refractivity contribution is -0.218. The van der Waals surface area contributed by atoms with Crippen LogP contribution in [0.3, 0.4) is 0 Å². The van der Waals surface area contributed by atoms with Crippen LogP contribution in [0.1, 0.15) is 49.7 Å². The third-order valence-electron chi connectivity index (χ3n) is 7.33. The Morgan fingerprint density at radius 3 is 2.57 bits per heavy atom. The number of aliphatic carboxylic acids is 1. The quantitative estimate of drug-likeness (QED) is 0.0452. The zero-order chi connectivity index (χ0) is 34.5. The van der Waals surface area contributed by atoms with E-state index in [4.69, 9.17) is 25.3 Å². The molecule has 0 bridgehead atoms. The second-order valence-electron chi connectivity index (χ2n) is 11.1. The highest BCUT2D eigenvalue weighted by Crippen LogP contribution is 2.33. The number of rotatable bonds is 14. The number of hydrogen-bond acceptors (Lipinski definition) is 14. The van der Waals surface area contributed by atoms with Gasteiger partial charge in [0.1, 0.15) is 29.9 Å². The Balaban J connectivity index is 1.46. The third-order valence-corrected chi connectivity index (χ3v) is 8.70. The molecule has 256 valence electrons. The topological polar surface area (TPSA) is 268 Å². The summed E-state index contributed by atoms with van der Waals surface area (Å²) in [5.41, 5.74) is 4.53. The van der Waals surface area contributed by atoms with Gasteiger partial charge in [0.2, 0.25) is 0 Å². The molecule has 47 heavy (non-hydrogen) atoms. The fourth-order valence-electron chi connectivity index (χ4n) is 4.82. The Bertz CT molecular complexity index is 1640. The molecule has 2 amide bonds. The Labute approximate surface area is 274 Å². The number of benzene rings is 1. The molecule has 20 heteroatoms. The van der Waals surface area contributed by atoms with Crippen LogP contribution in [0.15, 0.2) is 29.4 Å². The zero-order valence-electron chi connectivity index (χ0n) is 25.7. The van der Waals surface area contributed by atoms with Gasteiger partial charge in [-0.25, -0.2) is 9.78 Å². The van der Waals surface area contributed by atoms with Gasteiger partial charge in [0, 0.05) is 23.0 Å². The van der Waals surface area contributed by atoms with Crippen molar-refractivity contribution in [3.05, 3.63) is 40.4 Å². The summed E-state index contributed by atoms with van der Waals surface area (Å²) in [4.78, 5) is 48.0. The number of hydroxylamine groups is 2. The highest BCUT2D eigenvalue weighted by atomic mass is 32.3. The summed E-state index contributed by atoms with van der Waals surface area (Å²) in [5.74, 6) is -2.92. The number of β-lactam (4-membered cyclic amide) rings is 1. The molecule has 2 aromatic rings. The number of nitrogens with two attached hydrogens (primary N) is 1. The van der Waals surface area contributed by atoms with E-state index in [-0.39, 0.29) is 22.7 Å². The summed E-state index contributed by atoms with van der Waals surface area (Å²) in [5, 5.41) is 31.3. The van der Waals surface area contributed by atoms with Crippen LogP contribution in [-0.2, 0) is 40.3 Å². The van der Waals surface area contributed by atoms with Gasteiger partial charge in [-0.15, -0.1) is 15.6 Å². The molecule has 3 atom stereocenters. The Kier molecular flexibility index (Phi) is 11.0. The van der Waals surface area contributed by atoms with Gasteiger partial charge < -0.3 is 36.4 Å². The molecule has 2 aliphatic heterocycles. The average Bonchev–Trinajstić information content (AvgIpc) is 3.40. The standard InChI is InChI=1S/C27H36N8O10S2/c1-4-18-19(32-26(29)46-18)20(23(36)33-21-24(37)35(27(21,2)3)45-47(40,41)42)34-44-17(25(38)39)13-43-16-9-7-14(8-10-16)22(28)31-15-6-5-11-30-12-15/h7-10,15,17,21,30H,4-6,11-13H2,1-3H3,(H2,28,31)(H2,29,32)(H,33,36)(H,38,39)(H,40,41,42)/b34-20-/t15-,17?,21-/m1/s1. The largest absolute Gasteiger partial charge is 0.489 e. The number of nitrogens with one attached hydrogen (secondary N) is 4. The number of ether oxygens (including phenoxy) is 1. The number of thiazole rings is 1. The molecule has 0 saturated carbocycles. The molecular formula is C27H36N8O10S2. The first-order valence-corrected chi connectivity index (χ1v) is 16.6. The van der Waals surface area contributed by atoms with E-state index in [0.29, 0.717) is 27.7 Å². The Hall–Kier alpha value is -4.37. The van der Waals surface area contributed by atoms with Crippen LogP contribution >= 0.6 is 11.3 Å². The van der Waals surface area contributed by atoms with Gasteiger partial charge in [0.15, 0.2) is 10.8 Å². The highest BCUT2D eigenvalue weighted by molar-refractivity contribution is 7.80. The molecule has 2 fully saturated rings. The van der Waals surface area contributed by atoms with Gasteiger partial charge in [-0.3, -0.25) is 19.6 Å². The number of nitrogens with zero attached hydrogens (tertiary/aromatic N) is 3. The van der Waals surface area contributed by atoms with E-state index in [9.17, 15) is 27.9 Å². The minimum atomic E-state index is -5.03. The van der Waals surface area contributed by atoms with E-state index in [1.165, 1.54) is 13.8 Å². The summed E-state index contributed by atoms with van der Waals surface area (Å²) < 4.78 is 41.2. The predicted molar refractivity (Wildman–Crippen MR) is 168 cm³/mol. The number of amidine groups is 1. The second-order valence-corrected chi connectivity index (χ2v) is 13.3. The predicted octanol–water partition coefficient (Wildman–Crippen LogP) is 0.0476. The van der Waals surface area contributed by atoms with E-state index >= 15 is 0 Å². The minimum Gasteiger partial charge on any atom is -0.489 e. The van der Waals surface area contributed by atoms with Gasteiger partial charge in [-0.1, -0.05) is 12.1 Å². The number of amides is 2. The Morgan fingerprint density at radius 1 is 1.30 bits per heavy atom. The molecule has 0 aliphatic carbocycles. The van der Waals surface area contributed by atoms with Crippen molar-refractivity contribution in [3.8, 4) is 5.75 Å². The zero-order valence-corrected chi connectivity index (χ0v) is 27.3. The number of nitrogen functional groups attached to an aromatic ring is 1. The van der Waals surface area contributed by atoms with Crippen molar-refractivity contribution in [1.29, 1.82) is 5.41 Å². The second kappa shape index (κ2) is 14.6. The Morgan fingerprint density at radius 2 is 2.00 bits per heavy atom. The maximum atomic E-state index is 13.4. The van der Waals surface area contributed by atoms with Gasteiger partial charge in [-0.2, -0.15) is 13.5 Å². The first-order chi connectivity index (χ1) is 22.1. The number of hydrogen-bond donors (Lipinski definition) is 7. The van der Waals surface area contributed by atoms with Crippen LogP contribution in [0.5, 0.6) is 5.75 Å². The van der Waals surface area contributed by atoms with E-state index in [0.717, 1.165) is 37.3 Å². The van der Waals surface area contributed by atoms with Crippen LogP contribution in [0.2, 0.25) is 0 Å². The summed E-state index contributed by atoms with van der Waals surface area (Å²) in [6.45, 7) is 5.70. The van der Waals surface area contributed by atoms with Crippen molar-refractivity contribution in [2.75, 3.05) is 25.4 Å². The van der Waals surface area contributed by atoms with Gasteiger partial charge >= 0.3 is 16.4 Å². The van der Waals surface area contributed by atoms with Crippen molar-refractivity contribution in [3.63, 3.8) is 0 Å².